The van der Waals surface area contributed by atoms with E-state index < -0.39 is 0 Å². The molecular formula is C15H10Br2ClFN2. The topological polar surface area (TPSA) is 17.8 Å². The van der Waals surface area contributed by atoms with Gasteiger partial charge in [-0.05, 0) is 59.3 Å². The summed E-state index contributed by atoms with van der Waals surface area (Å²) in [6.45, 7) is 1.87. The van der Waals surface area contributed by atoms with Crippen molar-refractivity contribution in [1.29, 1.82) is 0 Å². The van der Waals surface area contributed by atoms with Crippen LogP contribution in [0, 0.1) is 5.82 Å². The molecule has 1 heterocycles. The lowest BCUT2D eigenvalue weighted by Crippen LogP contribution is -2.02. The first kappa shape index (κ1) is 15.0. The van der Waals surface area contributed by atoms with Gasteiger partial charge >= 0.3 is 0 Å². The third-order valence-electron chi connectivity index (χ3n) is 3.16. The third-order valence-corrected chi connectivity index (χ3v) is 4.46. The Morgan fingerprint density at radius 2 is 1.95 bits per heavy atom. The summed E-state index contributed by atoms with van der Waals surface area (Å²) < 4.78 is 16.8. The van der Waals surface area contributed by atoms with Gasteiger partial charge in [0, 0.05) is 10.2 Å². The molecule has 1 unspecified atom stereocenters. The number of nitrogens with zero attached hydrogens (tertiary/aromatic N) is 2. The number of hydrogen-bond acceptors (Lipinski definition) is 1. The molecule has 0 aliphatic heterocycles. The molecule has 0 N–H and O–H groups in total. The molecule has 0 aliphatic rings. The quantitative estimate of drug-likeness (QED) is 0.455. The van der Waals surface area contributed by atoms with E-state index >= 15 is 0 Å². The number of alkyl halides is 1. The summed E-state index contributed by atoms with van der Waals surface area (Å²) in [7, 11) is 0. The molecule has 0 saturated heterocycles. The van der Waals surface area contributed by atoms with Crippen molar-refractivity contribution in [1.82, 2.24) is 9.55 Å². The van der Waals surface area contributed by atoms with Gasteiger partial charge in [0.05, 0.1) is 20.9 Å². The lowest BCUT2D eigenvalue weighted by molar-refractivity contribution is 0.620. The monoisotopic (exact) mass is 430 g/mol. The molecule has 2 nitrogen and oxygen atoms in total. The predicted molar refractivity (Wildman–Crippen MR) is 90.7 cm³/mol. The minimum absolute atomic E-state index is 0.264. The number of halogens is 4. The van der Waals surface area contributed by atoms with Crippen LogP contribution in [0.3, 0.4) is 0 Å². The minimum Gasteiger partial charge on any atom is -0.295 e. The highest BCUT2D eigenvalue weighted by Crippen LogP contribution is 2.31. The van der Waals surface area contributed by atoms with E-state index in [1.54, 1.807) is 12.1 Å². The summed E-state index contributed by atoms with van der Waals surface area (Å²) in [5.74, 6) is 0.426. The SMILES string of the molecule is CC(Cl)c1nc2cc(Br)ccc2n1-c1ccc(F)c(Br)c1. The Balaban J connectivity index is 2.33. The number of fused-ring (bicyclic) bond motifs is 1. The summed E-state index contributed by atoms with van der Waals surface area (Å²) >= 11 is 12.9. The van der Waals surface area contributed by atoms with E-state index in [1.807, 2.05) is 29.7 Å². The second-order valence-electron chi connectivity index (χ2n) is 4.65. The lowest BCUT2D eigenvalue weighted by atomic mass is 10.2. The largest absolute Gasteiger partial charge is 0.295 e. The number of rotatable bonds is 2. The van der Waals surface area contributed by atoms with Gasteiger partial charge in [-0.2, -0.15) is 0 Å². The number of hydrogen-bond donors (Lipinski definition) is 0. The van der Waals surface area contributed by atoms with Crippen molar-refractivity contribution in [3.05, 3.63) is 57.0 Å². The maximum atomic E-state index is 13.5. The average molecular weight is 433 g/mol. The number of aromatic nitrogens is 2. The van der Waals surface area contributed by atoms with Crippen LogP contribution in [0.1, 0.15) is 18.1 Å². The molecule has 21 heavy (non-hydrogen) atoms. The molecule has 0 bridgehead atoms. The van der Waals surface area contributed by atoms with Crippen LogP contribution in [0.4, 0.5) is 4.39 Å². The highest BCUT2D eigenvalue weighted by Gasteiger charge is 2.17. The molecule has 1 atom stereocenters. The predicted octanol–water partition coefficient (Wildman–Crippen LogP) is 5.99. The normalized spacial score (nSPS) is 12.8. The van der Waals surface area contributed by atoms with Crippen LogP contribution in [0.15, 0.2) is 45.3 Å². The summed E-state index contributed by atoms with van der Waals surface area (Å²) in [6.07, 6.45) is 0. The lowest BCUT2D eigenvalue weighted by Gasteiger charge is -2.11. The molecule has 3 aromatic rings. The van der Waals surface area contributed by atoms with Crippen LogP contribution < -0.4 is 0 Å². The van der Waals surface area contributed by atoms with Gasteiger partial charge in [0.25, 0.3) is 0 Å². The van der Waals surface area contributed by atoms with Crippen molar-refractivity contribution in [2.45, 2.75) is 12.3 Å². The maximum absolute atomic E-state index is 13.5. The van der Waals surface area contributed by atoms with Gasteiger partial charge in [-0.1, -0.05) is 15.9 Å². The molecule has 0 saturated carbocycles. The standard InChI is InChI=1S/C15H10Br2ClFN2/c1-8(18)15-20-13-6-9(16)2-5-14(13)21(15)10-3-4-12(19)11(17)7-10/h2-8H,1H3. The van der Waals surface area contributed by atoms with Gasteiger partial charge in [-0.15, -0.1) is 11.6 Å². The third kappa shape index (κ3) is 2.74. The molecule has 2 aromatic carbocycles. The highest BCUT2D eigenvalue weighted by atomic mass is 79.9. The second kappa shape index (κ2) is 5.71. The Labute approximate surface area is 143 Å². The zero-order valence-electron chi connectivity index (χ0n) is 10.9. The van der Waals surface area contributed by atoms with Crippen molar-refractivity contribution in [2.75, 3.05) is 0 Å². The summed E-state index contributed by atoms with van der Waals surface area (Å²) in [4.78, 5) is 4.59. The summed E-state index contributed by atoms with van der Waals surface area (Å²) in [5, 5.41) is -0.264. The Hall–Kier alpha value is -0.910. The van der Waals surface area contributed by atoms with Gasteiger partial charge < -0.3 is 0 Å². The van der Waals surface area contributed by atoms with Crippen LogP contribution in [-0.4, -0.2) is 9.55 Å². The first-order valence-electron chi connectivity index (χ1n) is 6.25. The van der Waals surface area contributed by atoms with Crippen LogP contribution in [0.2, 0.25) is 0 Å². The fraction of sp³-hybridized carbons (Fsp3) is 0.133. The van der Waals surface area contributed by atoms with Crippen LogP contribution in [-0.2, 0) is 0 Å². The van der Waals surface area contributed by atoms with Crippen molar-refractivity contribution >= 4 is 54.5 Å². The van der Waals surface area contributed by atoms with E-state index in [0.717, 1.165) is 27.0 Å². The molecule has 3 rings (SSSR count). The summed E-state index contributed by atoms with van der Waals surface area (Å²) in [6, 6.07) is 10.7. The fourth-order valence-corrected chi connectivity index (χ4v) is 3.10. The molecule has 108 valence electrons. The van der Waals surface area contributed by atoms with E-state index in [9.17, 15) is 4.39 Å². The number of imidazole rings is 1. The highest BCUT2D eigenvalue weighted by molar-refractivity contribution is 9.10. The molecular weight excluding hydrogens is 422 g/mol. The molecule has 1 aromatic heterocycles. The minimum atomic E-state index is -0.300. The van der Waals surface area contributed by atoms with Gasteiger partial charge in [0.1, 0.15) is 11.6 Å². The van der Waals surface area contributed by atoms with Crippen LogP contribution >= 0.6 is 43.5 Å². The van der Waals surface area contributed by atoms with Crippen LogP contribution in [0.25, 0.3) is 16.7 Å². The van der Waals surface area contributed by atoms with E-state index in [4.69, 9.17) is 11.6 Å². The molecule has 0 fully saturated rings. The molecule has 0 aliphatic carbocycles. The Kier molecular flexibility index (Phi) is 4.08. The van der Waals surface area contributed by atoms with Gasteiger partial charge in [0.15, 0.2) is 0 Å². The first-order valence-corrected chi connectivity index (χ1v) is 8.27. The van der Waals surface area contributed by atoms with E-state index in [-0.39, 0.29) is 11.2 Å². The van der Waals surface area contributed by atoms with Gasteiger partial charge in [0.2, 0.25) is 0 Å². The zero-order chi connectivity index (χ0) is 15.1. The smallest absolute Gasteiger partial charge is 0.137 e. The Morgan fingerprint density at radius 3 is 2.62 bits per heavy atom. The van der Waals surface area contributed by atoms with Gasteiger partial charge in [-0.25, -0.2) is 9.37 Å². The molecule has 6 heteroatoms. The average Bonchev–Trinajstić information content (AvgIpc) is 2.80. The second-order valence-corrected chi connectivity index (χ2v) is 7.08. The number of benzene rings is 2. The van der Waals surface area contributed by atoms with E-state index in [2.05, 4.69) is 36.8 Å². The van der Waals surface area contributed by atoms with Crippen LogP contribution in [0.5, 0.6) is 0 Å². The Morgan fingerprint density at radius 1 is 1.19 bits per heavy atom. The van der Waals surface area contributed by atoms with Crippen molar-refractivity contribution in [2.24, 2.45) is 0 Å². The van der Waals surface area contributed by atoms with Crippen molar-refractivity contribution < 1.29 is 4.39 Å². The zero-order valence-corrected chi connectivity index (χ0v) is 14.9. The Bertz CT molecular complexity index is 830. The van der Waals surface area contributed by atoms with Gasteiger partial charge in [-0.3, -0.25) is 4.57 Å². The van der Waals surface area contributed by atoms with Crippen molar-refractivity contribution in [3.8, 4) is 5.69 Å². The maximum Gasteiger partial charge on any atom is 0.137 e. The molecule has 0 spiro atoms. The molecule has 0 radical (unpaired) electrons. The fourth-order valence-electron chi connectivity index (χ4n) is 2.23. The van der Waals surface area contributed by atoms with E-state index in [0.29, 0.717) is 4.47 Å². The summed E-state index contributed by atoms with van der Waals surface area (Å²) in [5.41, 5.74) is 2.59. The van der Waals surface area contributed by atoms with Crippen molar-refractivity contribution in [3.63, 3.8) is 0 Å². The molecule has 0 amide bonds. The van der Waals surface area contributed by atoms with E-state index in [1.165, 1.54) is 6.07 Å². The first-order chi connectivity index (χ1) is 9.97.